The molecule has 0 atom stereocenters. The molecule has 126 valence electrons. The van der Waals surface area contributed by atoms with Gasteiger partial charge < -0.3 is 14.8 Å². The summed E-state index contributed by atoms with van der Waals surface area (Å²) in [7, 11) is 2.84. The van der Waals surface area contributed by atoms with Gasteiger partial charge in [-0.2, -0.15) is 0 Å². The molecule has 1 aliphatic carbocycles. The number of hydrogen-bond donors (Lipinski definition) is 1. The average molecular weight is 317 g/mol. The summed E-state index contributed by atoms with van der Waals surface area (Å²) in [5.74, 6) is -2.75. The van der Waals surface area contributed by atoms with Crippen molar-refractivity contribution in [2.75, 3.05) is 14.2 Å². The fourth-order valence-electron chi connectivity index (χ4n) is 2.03. The fourth-order valence-corrected chi connectivity index (χ4v) is 2.03. The zero-order valence-corrected chi connectivity index (χ0v) is 13.8. The summed E-state index contributed by atoms with van der Waals surface area (Å²) in [6.45, 7) is 9.23. The zero-order chi connectivity index (χ0) is 17.4. The van der Waals surface area contributed by atoms with Gasteiger partial charge in [0.2, 0.25) is 0 Å². The summed E-state index contributed by atoms with van der Waals surface area (Å²) in [5.41, 5.74) is -1.53. The molecule has 0 spiro atoms. The normalized spacial score (nSPS) is 19.0. The minimum atomic E-state index is -2.88. The SMILES string of the molecule is C=C/C(=C\C(=C/C)OC1(C(=O)NC)CC(F)(F)C1)OC.CC. The van der Waals surface area contributed by atoms with Crippen LogP contribution in [-0.2, 0) is 14.3 Å². The summed E-state index contributed by atoms with van der Waals surface area (Å²) in [6, 6.07) is 0. The molecular weight excluding hydrogens is 292 g/mol. The molecule has 22 heavy (non-hydrogen) atoms. The molecule has 1 aliphatic rings. The Hall–Kier alpha value is -1.85. The number of carbonyl (C=O) groups excluding carboxylic acids is 1. The minimum absolute atomic E-state index is 0.279. The molecule has 0 unspecified atom stereocenters. The molecule has 6 heteroatoms. The zero-order valence-electron chi connectivity index (χ0n) is 13.8. The number of nitrogens with one attached hydrogen (secondary N) is 1. The molecule has 0 heterocycles. The minimum Gasteiger partial charge on any atom is -0.497 e. The van der Waals surface area contributed by atoms with E-state index in [9.17, 15) is 13.6 Å². The van der Waals surface area contributed by atoms with Crippen molar-refractivity contribution in [1.82, 2.24) is 5.32 Å². The van der Waals surface area contributed by atoms with E-state index in [1.807, 2.05) is 13.8 Å². The van der Waals surface area contributed by atoms with Crippen LogP contribution >= 0.6 is 0 Å². The van der Waals surface area contributed by atoms with E-state index in [4.69, 9.17) is 9.47 Å². The van der Waals surface area contributed by atoms with Crippen molar-refractivity contribution in [3.05, 3.63) is 36.3 Å². The molecular formula is C16H25F2NO3. The lowest BCUT2D eigenvalue weighted by molar-refractivity contribution is -0.212. The maximum atomic E-state index is 13.1. The van der Waals surface area contributed by atoms with Gasteiger partial charge in [-0.15, -0.1) is 0 Å². The standard InChI is InChI=1S/C14H19F2NO3.C2H6/c1-5-10(19-4)7-11(6-2)20-13(12(18)17-3)8-14(15,16)9-13;1-2/h5-7H,1,8-9H2,2-4H3,(H,17,18);1-2H3/b10-7+,11-6+;. The van der Waals surface area contributed by atoms with E-state index in [0.717, 1.165) is 0 Å². The first kappa shape index (κ1) is 20.1. The van der Waals surface area contributed by atoms with Gasteiger partial charge in [0.15, 0.2) is 5.60 Å². The van der Waals surface area contributed by atoms with E-state index < -0.39 is 30.3 Å². The van der Waals surface area contributed by atoms with Gasteiger partial charge in [-0.1, -0.05) is 20.4 Å². The van der Waals surface area contributed by atoms with Crippen molar-refractivity contribution in [2.45, 2.75) is 45.1 Å². The lowest BCUT2D eigenvalue weighted by Gasteiger charge is -2.45. The Balaban J connectivity index is 0.00000211. The number of alkyl halides is 2. The predicted molar refractivity (Wildman–Crippen MR) is 82.5 cm³/mol. The third-order valence-electron chi connectivity index (χ3n) is 3.05. The van der Waals surface area contributed by atoms with Crippen molar-refractivity contribution >= 4 is 5.91 Å². The number of allylic oxidation sites excluding steroid dienone is 3. The van der Waals surface area contributed by atoms with Crippen molar-refractivity contribution in [2.24, 2.45) is 0 Å². The lowest BCUT2D eigenvalue weighted by Crippen LogP contribution is -2.61. The maximum absolute atomic E-state index is 13.1. The quantitative estimate of drug-likeness (QED) is 0.602. The number of carbonyl (C=O) groups is 1. The highest BCUT2D eigenvalue weighted by Gasteiger charge is 2.63. The Bertz CT molecular complexity index is 448. The second-order valence-electron chi connectivity index (χ2n) is 4.53. The molecule has 0 saturated heterocycles. The Labute approximate surface area is 130 Å². The van der Waals surface area contributed by atoms with E-state index in [-0.39, 0.29) is 5.76 Å². The molecule has 0 radical (unpaired) electrons. The third kappa shape index (κ3) is 4.86. The van der Waals surface area contributed by atoms with E-state index in [1.165, 1.54) is 26.3 Å². The summed E-state index contributed by atoms with van der Waals surface area (Å²) < 4.78 is 36.8. The number of hydrogen-bond acceptors (Lipinski definition) is 3. The number of ether oxygens (including phenoxy) is 2. The molecule has 1 amide bonds. The Morgan fingerprint density at radius 2 is 1.82 bits per heavy atom. The van der Waals surface area contributed by atoms with E-state index in [1.54, 1.807) is 13.0 Å². The summed E-state index contributed by atoms with van der Waals surface area (Å²) in [4.78, 5) is 11.8. The third-order valence-corrected chi connectivity index (χ3v) is 3.05. The van der Waals surface area contributed by atoms with Gasteiger partial charge in [0.05, 0.1) is 20.0 Å². The molecule has 0 aromatic heterocycles. The average Bonchev–Trinajstić information content (AvgIpc) is 2.50. The first-order valence-electron chi connectivity index (χ1n) is 7.16. The van der Waals surface area contributed by atoms with Crippen LogP contribution in [0.5, 0.6) is 0 Å². The number of methoxy groups -OCH3 is 1. The topological polar surface area (TPSA) is 47.6 Å². The van der Waals surface area contributed by atoms with Crippen molar-refractivity contribution in [3.63, 3.8) is 0 Å². The number of likely N-dealkylation sites (N-methyl/N-ethyl adjacent to an activating group) is 1. The number of rotatable bonds is 6. The van der Waals surface area contributed by atoms with Crippen LogP contribution in [0.1, 0.15) is 33.6 Å². The van der Waals surface area contributed by atoms with Gasteiger partial charge >= 0.3 is 0 Å². The first-order chi connectivity index (χ1) is 10.3. The molecule has 4 nitrogen and oxygen atoms in total. The van der Waals surface area contributed by atoms with Crippen molar-refractivity contribution < 1.29 is 23.0 Å². The molecule has 1 saturated carbocycles. The molecule has 0 bridgehead atoms. The van der Waals surface area contributed by atoms with Crippen LogP contribution < -0.4 is 5.32 Å². The highest BCUT2D eigenvalue weighted by atomic mass is 19.3. The highest BCUT2D eigenvalue weighted by molar-refractivity contribution is 5.86. The predicted octanol–water partition coefficient (Wildman–Crippen LogP) is 3.56. The Kier molecular flexibility index (Phi) is 7.84. The van der Waals surface area contributed by atoms with E-state index >= 15 is 0 Å². The van der Waals surface area contributed by atoms with Crippen LogP contribution in [0.25, 0.3) is 0 Å². The van der Waals surface area contributed by atoms with Crippen LogP contribution in [0.3, 0.4) is 0 Å². The molecule has 0 aromatic carbocycles. The monoisotopic (exact) mass is 317 g/mol. The molecule has 0 aromatic rings. The van der Waals surface area contributed by atoms with Crippen LogP contribution in [-0.4, -0.2) is 31.6 Å². The fraction of sp³-hybridized carbons (Fsp3) is 0.562. The Morgan fingerprint density at radius 1 is 1.27 bits per heavy atom. The molecule has 1 fully saturated rings. The van der Waals surface area contributed by atoms with Crippen LogP contribution in [0.4, 0.5) is 8.78 Å². The van der Waals surface area contributed by atoms with Gasteiger partial charge in [0.1, 0.15) is 11.5 Å². The van der Waals surface area contributed by atoms with Crippen LogP contribution in [0, 0.1) is 0 Å². The largest absolute Gasteiger partial charge is 0.497 e. The second kappa shape index (κ2) is 8.56. The summed E-state index contributed by atoms with van der Waals surface area (Å²) >= 11 is 0. The molecule has 1 N–H and O–H groups in total. The smallest absolute Gasteiger partial charge is 0.264 e. The van der Waals surface area contributed by atoms with Gasteiger partial charge in [0.25, 0.3) is 11.8 Å². The molecule has 0 aliphatic heterocycles. The van der Waals surface area contributed by atoms with Crippen molar-refractivity contribution in [3.8, 4) is 0 Å². The van der Waals surface area contributed by atoms with Gasteiger partial charge in [0, 0.05) is 13.1 Å². The van der Waals surface area contributed by atoms with Gasteiger partial charge in [-0.05, 0) is 19.1 Å². The first-order valence-corrected chi connectivity index (χ1v) is 7.16. The maximum Gasteiger partial charge on any atom is 0.264 e. The Morgan fingerprint density at radius 3 is 2.14 bits per heavy atom. The van der Waals surface area contributed by atoms with Crippen LogP contribution in [0.2, 0.25) is 0 Å². The molecule has 1 rings (SSSR count). The summed E-state index contributed by atoms with van der Waals surface area (Å²) in [6.07, 6.45) is 3.25. The lowest BCUT2D eigenvalue weighted by atomic mass is 9.75. The van der Waals surface area contributed by atoms with Crippen molar-refractivity contribution in [1.29, 1.82) is 0 Å². The van der Waals surface area contributed by atoms with E-state index in [2.05, 4.69) is 11.9 Å². The number of amides is 1. The van der Waals surface area contributed by atoms with Gasteiger partial charge in [-0.3, -0.25) is 4.79 Å². The highest BCUT2D eigenvalue weighted by Crippen LogP contribution is 2.49. The second-order valence-corrected chi connectivity index (χ2v) is 4.53. The summed E-state index contributed by atoms with van der Waals surface area (Å²) in [5, 5.41) is 2.36. The van der Waals surface area contributed by atoms with E-state index in [0.29, 0.717) is 5.76 Å². The number of halogens is 2. The van der Waals surface area contributed by atoms with Crippen LogP contribution in [0.15, 0.2) is 36.3 Å². The van der Waals surface area contributed by atoms with Gasteiger partial charge in [-0.25, -0.2) is 8.78 Å².